The molecule has 0 spiro atoms. The van der Waals surface area contributed by atoms with Gasteiger partial charge >= 0.3 is 0 Å². The Morgan fingerprint density at radius 1 is 1.21 bits per heavy atom. The van der Waals surface area contributed by atoms with Crippen LogP contribution in [0, 0.1) is 0 Å². The Morgan fingerprint density at radius 2 is 2.00 bits per heavy atom. The Kier molecular flexibility index (Phi) is 4.59. The Hall–Kier alpha value is -2.38. The topological polar surface area (TPSA) is 70.1 Å². The largest absolute Gasteiger partial charge is 0.370 e. The average Bonchev–Trinajstić information content (AvgIpc) is 3.13. The Labute approximate surface area is 170 Å². The van der Waals surface area contributed by atoms with Gasteiger partial charge < -0.3 is 24.4 Å². The number of hydrogen-bond acceptors (Lipinski definition) is 3. The number of nitrogens with one attached hydrogen (secondary N) is 2. The average molecular weight is 397 g/mol. The van der Waals surface area contributed by atoms with Crippen molar-refractivity contribution in [2.45, 2.75) is 25.3 Å². The highest BCUT2D eigenvalue weighted by atomic mass is 16.5. The van der Waals surface area contributed by atoms with Gasteiger partial charge in [0.15, 0.2) is 5.54 Å². The van der Waals surface area contributed by atoms with Crippen LogP contribution < -0.4 is 4.90 Å². The molecule has 3 aliphatic heterocycles. The van der Waals surface area contributed by atoms with Crippen LogP contribution in [0.4, 0.5) is 0 Å². The standard InChI is InChI=1S/C22H28N4O3/c1-22-20-17(16-5-2-3-6-18(16)23-20)7-10-26(22)19(27)15-25(21(22)28)9-4-8-24-11-13-29-14-12-24/h2-3,5-6,23H,4,7-15H2,1H3/p+1/t22-/m0/s1. The van der Waals surface area contributed by atoms with E-state index in [0.717, 1.165) is 62.3 Å². The van der Waals surface area contributed by atoms with Gasteiger partial charge in [0.05, 0.1) is 32.0 Å². The molecule has 0 saturated carbocycles. The first-order valence-corrected chi connectivity index (χ1v) is 10.7. The molecule has 5 rings (SSSR count). The highest BCUT2D eigenvalue weighted by molar-refractivity contribution is 6.00. The molecule has 1 atom stereocenters. The molecular formula is C22H29N4O3+. The number of piperazine rings is 1. The number of nitrogens with zero attached hydrogens (tertiary/aromatic N) is 2. The van der Waals surface area contributed by atoms with Crippen molar-refractivity contribution in [2.75, 3.05) is 52.5 Å². The van der Waals surface area contributed by atoms with Gasteiger partial charge in [0.2, 0.25) is 5.91 Å². The summed E-state index contributed by atoms with van der Waals surface area (Å²) in [6.07, 6.45) is 1.69. The predicted octanol–water partition coefficient (Wildman–Crippen LogP) is -0.0848. The maximum absolute atomic E-state index is 13.6. The highest BCUT2D eigenvalue weighted by Crippen LogP contribution is 2.41. The number of carbonyl (C=O) groups excluding carboxylic acids is 2. The number of H-pyrrole nitrogens is 1. The zero-order chi connectivity index (χ0) is 20.0. The first kappa shape index (κ1) is 18.6. The molecular weight excluding hydrogens is 368 g/mol. The molecule has 2 fully saturated rings. The number of aromatic nitrogens is 1. The van der Waals surface area contributed by atoms with E-state index < -0.39 is 5.54 Å². The summed E-state index contributed by atoms with van der Waals surface area (Å²) in [5.74, 6) is 0.0942. The normalized spacial score (nSPS) is 25.4. The summed E-state index contributed by atoms with van der Waals surface area (Å²) >= 11 is 0. The van der Waals surface area contributed by atoms with Crippen molar-refractivity contribution in [3.05, 3.63) is 35.5 Å². The van der Waals surface area contributed by atoms with Gasteiger partial charge in [0, 0.05) is 30.4 Å². The first-order valence-electron chi connectivity index (χ1n) is 10.7. The third-order valence-electron chi connectivity index (χ3n) is 6.91. The minimum atomic E-state index is -0.937. The molecule has 2 aromatic rings. The summed E-state index contributed by atoms with van der Waals surface area (Å²) in [5.41, 5.74) is 2.18. The molecule has 0 aliphatic carbocycles. The number of benzene rings is 1. The lowest BCUT2D eigenvalue weighted by molar-refractivity contribution is -0.908. The van der Waals surface area contributed by atoms with Crippen LogP contribution >= 0.6 is 0 Å². The summed E-state index contributed by atoms with van der Waals surface area (Å²) in [7, 11) is 0. The van der Waals surface area contributed by atoms with E-state index >= 15 is 0 Å². The zero-order valence-corrected chi connectivity index (χ0v) is 17.0. The number of carbonyl (C=O) groups is 2. The lowest BCUT2D eigenvalue weighted by Gasteiger charge is -2.49. The van der Waals surface area contributed by atoms with Crippen LogP contribution in [0.25, 0.3) is 10.9 Å². The fourth-order valence-corrected chi connectivity index (χ4v) is 5.29. The molecule has 0 unspecified atom stereocenters. The van der Waals surface area contributed by atoms with Crippen LogP contribution in [0.3, 0.4) is 0 Å². The van der Waals surface area contributed by atoms with Gasteiger partial charge in [-0.3, -0.25) is 9.59 Å². The van der Waals surface area contributed by atoms with E-state index in [9.17, 15) is 9.59 Å². The zero-order valence-electron chi connectivity index (χ0n) is 17.0. The van der Waals surface area contributed by atoms with Crippen LogP contribution in [-0.4, -0.2) is 79.1 Å². The molecule has 3 aliphatic rings. The summed E-state index contributed by atoms with van der Waals surface area (Å²) in [4.78, 5) is 35.2. The number of para-hydroxylation sites is 1. The Morgan fingerprint density at radius 3 is 2.83 bits per heavy atom. The van der Waals surface area contributed by atoms with Crippen LogP contribution in [0.1, 0.15) is 24.6 Å². The third kappa shape index (κ3) is 2.95. The monoisotopic (exact) mass is 397 g/mol. The minimum Gasteiger partial charge on any atom is -0.370 e. The molecule has 1 aromatic heterocycles. The summed E-state index contributed by atoms with van der Waals surface area (Å²) in [5, 5.41) is 1.16. The smallest absolute Gasteiger partial charge is 0.254 e. The van der Waals surface area contributed by atoms with E-state index in [2.05, 4.69) is 11.1 Å². The molecule has 0 bridgehead atoms. The van der Waals surface area contributed by atoms with E-state index in [4.69, 9.17) is 4.74 Å². The van der Waals surface area contributed by atoms with E-state index in [1.165, 1.54) is 10.5 Å². The molecule has 7 heteroatoms. The van der Waals surface area contributed by atoms with Crippen molar-refractivity contribution < 1.29 is 19.2 Å². The molecule has 4 heterocycles. The second-order valence-electron chi connectivity index (χ2n) is 8.58. The van der Waals surface area contributed by atoms with Crippen LogP contribution in [0.2, 0.25) is 0 Å². The Bertz CT molecular complexity index is 949. The maximum atomic E-state index is 13.6. The van der Waals surface area contributed by atoms with Gasteiger partial charge in [-0.25, -0.2) is 0 Å². The maximum Gasteiger partial charge on any atom is 0.254 e. The minimum absolute atomic E-state index is 0.0431. The molecule has 0 radical (unpaired) electrons. The molecule has 1 aromatic carbocycles. The van der Waals surface area contributed by atoms with Crippen LogP contribution in [0.15, 0.2) is 24.3 Å². The number of ether oxygens (including phenoxy) is 1. The van der Waals surface area contributed by atoms with Gasteiger partial charge in [0.25, 0.3) is 5.91 Å². The molecule has 2 amide bonds. The van der Waals surface area contributed by atoms with E-state index in [1.54, 1.807) is 9.80 Å². The molecule has 29 heavy (non-hydrogen) atoms. The molecule has 7 nitrogen and oxygen atoms in total. The second kappa shape index (κ2) is 7.15. The van der Waals surface area contributed by atoms with Gasteiger partial charge in [0.1, 0.15) is 13.1 Å². The van der Waals surface area contributed by atoms with Gasteiger partial charge in [-0.05, 0) is 25.0 Å². The number of quaternary nitrogens is 1. The number of rotatable bonds is 4. The van der Waals surface area contributed by atoms with Gasteiger partial charge in [-0.2, -0.15) is 0 Å². The summed E-state index contributed by atoms with van der Waals surface area (Å²) in [6.45, 7) is 8.03. The Balaban J connectivity index is 1.40. The third-order valence-corrected chi connectivity index (χ3v) is 6.91. The predicted molar refractivity (Wildman–Crippen MR) is 109 cm³/mol. The fraction of sp³-hybridized carbons (Fsp3) is 0.545. The van der Waals surface area contributed by atoms with Gasteiger partial charge in [-0.15, -0.1) is 0 Å². The number of fused-ring (bicyclic) bond motifs is 5. The van der Waals surface area contributed by atoms with Crippen molar-refractivity contribution in [1.82, 2.24) is 14.8 Å². The van der Waals surface area contributed by atoms with E-state index in [1.807, 2.05) is 25.1 Å². The van der Waals surface area contributed by atoms with Crippen molar-refractivity contribution >= 4 is 22.7 Å². The molecule has 154 valence electrons. The number of morpholine rings is 1. The SMILES string of the molecule is C[C@]12C(=O)N(CCC[NH+]3CCOCC3)CC(=O)N1CCc1c2[nH]c2ccccc12. The fourth-order valence-electron chi connectivity index (χ4n) is 5.29. The van der Waals surface area contributed by atoms with Crippen LogP contribution in [-0.2, 0) is 26.3 Å². The number of amides is 2. The van der Waals surface area contributed by atoms with E-state index in [-0.39, 0.29) is 18.4 Å². The second-order valence-corrected chi connectivity index (χ2v) is 8.58. The summed E-state index contributed by atoms with van der Waals surface area (Å²) < 4.78 is 5.42. The van der Waals surface area contributed by atoms with E-state index in [0.29, 0.717) is 13.1 Å². The van der Waals surface area contributed by atoms with Crippen LogP contribution in [0.5, 0.6) is 0 Å². The highest BCUT2D eigenvalue weighted by Gasteiger charge is 2.53. The van der Waals surface area contributed by atoms with Crippen molar-refractivity contribution in [1.29, 1.82) is 0 Å². The lowest BCUT2D eigenvalue weighted by Crippen LogP contribution is -3.14. The summed E-state index contributed by atoms with van der Waals surface area (Å²) in [6, 6.07) is 8.17. The number of aromatic amines is 1. The quantitative estimate of drug-likeness (QED) is 0.758. The van der Waals surface area contributed by atoms with Crippen molar-refractivity contribution in [2.24, 2.45) is 0 Å². The van der Waals surface area contributed by atoms with Crippen molar-refractivity contribution in [3.8, 4) is 0 Å². The number of hydrogen-bond donors (Lipinski definition) is 2. The first-order chi connectivity index (χ1) is 14.1. The van der Waals surface area contributed by atoms with Crippen molar-refractivity contribution in [3.63, 3.8) is 0 Å². The molecule has 2 N–H and O–H groups in total. The molecule has 2 saturated heterocycles. The lowest BCUT2D eigenvalue weighted by atomic mass is 9.83. The van der Waals surface area contributed by atoms with Gasteiger partial charge in [-0.1, -0.05) is 18.2 Å².